The van der Waals surface area contributed by atoms with Gasteiger partial charge in [-0.25, -0.2) is 9.29 Å². The van der Waals surface area contributed by atoms with Crippen molar-refractivity contribution < 1.29 is 14.0 Å². The summed E-state index contributed by atoms with van der Waals surface area (Å²) in [6.07, 6.45) is 0.0444. The zero-order valence-electron chi connectivity index (χ0n) is 11.4. The van der Waals surface area contributed by atoms with Gasteiger partial charge in [0.1, 0.15) is 11.9 Å². The van der Waals surface area contributed by atoms with E-state index < -0.39 is 6.04 Å². The monoisotopic (exact) mass is 318 g/mol. The van der Waals surface area contributed by atoms with Crippen molar-refractivity contribution >= 4 is 34.8 Å². The Morgan fingerprint density at radius 1 is 1.14 bits per heavy atom. The highest BCUT2D eigenvalue weighted by Crippen LogP contribution is 2.27. The largest absolute Gasteiger partial charge is 0.373 e. The molecule has 0 unspecified atom stereocenters. The molecule has 3 rings (SSSR count). The Labute approximate surface area is 131 Å². The number of imide groups is 1. The van der Waals surface area contributed by atoms with E-state index in [9.17, 15) is 14.0 Å². The SMILES string of the molecule is O=C1C[C@@H](Nc2ccc(F)cc2)C(=O)N1c1cccc(Cl)c1. The summed E-state index contributed by atoms with van der Waals surface area (Å²) >= 11 is 5.90. The molecule has 1 atom stereocenters. The molecule has 1 saturated heterocycles. The van der Waals surface area contributed by atoms with Gasteiger partial charge in [-0.05, 0) is 42.5 Å². The second-order valence-corrected chi connectivity index (χ2v) is 5.39. The quantitative estimate of drug-likeness (QED) is 0.884. The summed E-state index contributed by atoms with van der Waals surface area (Å²) in [5.74, 6) is -1.01. The summed E-state index contributed by atoms with van der Waals surface area (Å²) in [5, 5.41) is 3.40. The molecule has 2 amide bonds. The van der Waals surface area contributed by atoms with Crippen LogP contribution in [0.2, 0.25) is 5.02 Å². The molecule has 0 bridgehead atoms. The van der Waals surface area contributed by atoms with E-state index in [1.165, 1.54) is 24.3 Å². The third-order valence-corrected chi connectivity index (χ3v) is 3.63. The highest BCUT2D eigenvalue weighted by atomic mass is 35.5. The summed E-state index contributed by atoms with van der Waals surface area (Å²) in [7, 11) is 0. The molecule has 6 heteroatoms. The predicted molar refractivity (Wildman–Crippen MR) is 82.4 cm³/mol. The Balaban J connectivity index is 1.81. The number of amides is 2. The van der Waals surface area contributed by atoms with Crippen LogP contribution in [0.15, 0.2) is 48.5 Å². The van der Waals surface area contributed by atoms with E-state index in [4.69, 9.17) is 11.6 Å². The number of halogens is 2. The smallest absolute Gasteiger partial charge is 0.256 e. The summed E-state index contributed by atoms with van der Waals surface area (Å²) in [6, 6.07) is 11.5. The lowest BCUT2D eigenvalue weighted by molar-refractivity contribution is -0.121. The van der Waals surface area contributed by atoms with Gasteiger partial charge in [-0.2, -0.15) is 0 Å². The first-order valence-electron chi connectivity index (χ1n) is 6.69. The molecule has 0 aliphatic carbocycles. The lowest BCUT2D eigenvalue weighted by Crippen LogP contribution is -2.34. The molecule has 4 nitrogen and oxygen atoms in total. The predicted octanol–water partition coefficient (Wildman–Crippen LogP) is 3.22. The number of hydrogen-bond donors (Lipinski definition) is 1. The number of hydrogen-bond acceptors (Lipinski definition) is 3. The molecular formula is C16H12ClFN2O2. The topological polar surface area (TPSA) is 49.4 Å². The van der Waals surface area contributed by atoms with Crippen molar-refractivity contribution in [2.75, 3.05) is 10.2 Å². The van der Waals surface area contributed by atoms with Crippen LogP contribution < -0.4 is 10.2 Å². The van der Waals surface area contributed by atoms with Crippen LogP contribution in [0, 0.1) is 5.82 Å². The second kappa shape index (κ2) is 5.77. The second-order valence-electron chi connectivity index (χ2n) is 4.96. The van der Waals surface area contributed by atoms with Gasteiger partial charge in [0.25, 0.3) is 5.91 Å². The van der Waals surface area contributed by atoms with Crippen molar-refractivity contribution in [3.63, 3.8) is 0 Å². The molecule has 1 aliphatic heterocycles. The van der Waals surface area contributed by atoms with Gasteiger partial charge in [0.2, 0.25) is 5.91 Å². The minimum Gasteiger partial charge on any atom is -0.373 e. The standard InChI is InChI=1S/C16H12ClFN2O2/c17-10-2-1-3-13(8-10)20-15(21)9-14(16(20)22)19-12-6-4-11(18)5-7-12/h1-8,14,19H,9H2/t14-/m1/s1. The minimum absolute atomic E-state index is 0.0444. The Hall–Kier alpha value is -2.40. The van der Waals surface area contributed by atoms with E-state index >= 15 is 0 Å². The van der Waals surface area contributed by atoms with Crippen LogP contribution >= 0.6 is 11.6 Å². The van der Waals surface area contributed by atoms with Crippen LogP contribution in [0.1, 0.15) is 6.42 Å². The zero-order valence-corrected chi connectivity index (χ0v) is 12.2. The molecule has 0 radical (unpaired) electrons. The molecular weight excluding hydrogens is 307 g/mol. The maximum absolute atomic E-state index is 12.9. The third kappa shape index (κ3) is 2.80. The van der Waals surface area contributed by atoms with Gasteiger partial charge in [-0.1, -0.05) is 17.7 Å². The van der Waals surface area contributed by atoms with Gasteiger partial charge in [0.05, 0.1) is 12.1 Å². The number of anilines is 2. The normalized spacial score (nSPS) is 17.9. The summed E-state index contributed by atoms with van der Waals surface area (Å²) < 4.78 is 12.9. The highest BCUT2D eigenvalue weighted by molar-refractivity contribution is 6.31. The van der Waals surface area contributed by atoms with Crippen LogP contribution in [0.25, 0.3) is 0 Å². The average molecular weight is 319 g/mol. The minimum atomic E-state index is -0.669. The van der Waals surface area contributed by atoms with Crippen LogP contribution in [-0.2, 0) is 9.59 Å². The van der Waals surface area contributed by atoms with Gasteiger partial charge in [0, 0.05) is 10.7 Å². The van der Waals surface area contributed by atoms with E-state index in [2.05, 4.69) is 5.32 Å². The van der Waals surface area contributed by atoms with Gasteiger partial charge in [-0.3, -0.25) is 9.59 Å². The maximum Gasteiger partial charge on any atom is 0.256 e. The first-order valence-corrected chi connectivity index (χ1v) is 7.07. The molecule has 1 N–H and O–H groups in total. The van der Waals surface area contributed by atoms with E-state index in [0.717, 1.165) is 4.90 Å². The number of nitrogens with zero attached hydrogens (tertiary/aromatic N) is 1. The molecule has 22 heavy (non-hydrogen) atoms. The average Bonchev–Trinajstić information content (AvgIpc) is 2.76. The molecule has 0 aromatic heterocycles. The van der Waals surface area contributed by atoms with Crippen molar-refractivity contribution in [3.8, 4) is 0 Å². The molecule has 112 valence electrons. The molecule has 2 aromatic rings. The molecule has 0 saturated carbocycles. The fourth-order valence-electron chi connectivity index (χ4n) is 2.38. The summed E-state index contributed by atoms with van der Waals surface area (Å²) in [5.41, 5.74) is 1.03. The Kier molecular flexibility index (Phi) is 3.81. The zero-order chi connectivity index (χ0) is 15.7. The van der Waals surface area contributed by atoms with Crippen LogP contribution in [-0.4, -0.2) is 17.9 Å². The summed E-state index contributed by atoms with van der Waals surface area (Å²) in [4.78, 5) is 25.7. The third-order valence-electron chi connectivity index (χ3n) is 3.40. The lowest BCUT2D eigenvalue weighted by atomic mass is 10.2. The first-order chi connectivity index (χ1) is 10.5. The van der Waals surface area contributed by atoms with E-state index in [-0.39, 0.29) is 24.1 Å². The fourth-order valence-corrected chi connectivity index (χ4v) is 2.56. The van der Waals surface area contributed by atoms with Crippen molar-refractivity contribution in [3.05, 3.63) is 59.4 Å². The molecule has 1 fully saturated rings. The van der Waals surface area contributed by atoms with E-state index in [0.29, 0.717) is 16.4 Å². The van der Waals surface area contributed by atoms with Gasteiger partial charge in [-0.15, -0.1) is 0 Å². The van der Waals surface area contributed by atoms with Gasteiger partial charge >= 0.3 is 0 Å². The summed E-state index contributed by atoms with van der Waals surface area (Å²) in [6.45, 7) is 0. The fraction of sp³-hybridized carbons (Fsp3) is 0.125. The number of nitrogens with one attached hydrogen (secondary N) is 1. The van der Waals surface area contributed by atoms with Crippen molar-refractivity contribution in [1.29, 1.82) is 0 Å². The van der Waals surface area contributed by atoms with Gasteiger partial charge in [0.15, 0.2) is 0 Å². The van der Waals surface area contributed by atoms with E-state index in [1.807, 2.05) is 0 Å². The first kappa shape index (κ1) is 14.5. The van der Waals surface area contributed by atoms with Crippen molar-refractivity contribution in [2.45, 2.75) is 12.5 Å². The number of benzene rings is 2. The van der Waals surface area contributed by atoms with Crippen LogP contribution in [0.5, 0.6) is 0 Å². The van der Waals surface area contributed by atoms with Crippen LogP contribution in [0.4, 0.5) is 15.8 Å². The Morgan fingerprint density at radius 2 is 1.86 bits per heavy atom. The van der Waals surface area contributed by atoms with Gasteiger partial charge < -0.3 is 5.32 Å². The number of rotatable bonds is 3. The Bertz CT molecular complexity index is 733. The Morgan fingerprint density at radius 3 is 2.55 bits per heavy atom. The lowest BCUT2D eigenvalue weighted by Gasteiger charge is -2.16. The highest BCUT2D eigenvalue weighted by Gasteiger charge is 2.39. The number of carbonyl (C=O) groups excluding carboxylic acids is 2. The van der Waals surface area contributed by atoms with E-state index in [1.54, 1.807) is 24.3 Å². The molecule has 0 spiro atoms. The maximum atomic E-state index is 12.9. The number of carbonyl (C=O) groups is 2. The molecule has 1 heterocycles. The van der Waals surface area contributed by atoms with Crippen molar-refractivity contribution in [1.82, 2.24) is 0 Å². The molecule has 1 aliphatic rings. The van der Waals surface area contributed by atoms with Crippen molar-refractivity contribution in [2.24, 2.45) is 0 Å². The molecule has 2 aromatic carbocycles. The van der Waals surface area contributed by atoms with Crippen LogP contribution in [0.3, 0.4) is 0 Å².